The molecular formula is C28H27Cl2F2NO4. The number of amides is 1. The van der Waals surface area contributed by atoms with Crippen molar-refractivity contribution in [3.8, 4) is 5.75 Å². The minimum absolute atomic E-state index is 0.0109. The number of carbonyl (C=O) groups excluding carboxylic acids is 1. The Kier molecular flexibility index (Phi) is 8.39. The Morgan fingerprint density at radius 1 is 1.08 bits per heavy atom. The Labute approximate surface area is 224 Å². The molecule has 1 saturated heterocycles. The van der Waals surface area contributed by atoms with Gasteiger partial charge >= 0.3 is 0 Å². The van der Waals surface area contributed by atoms with Gasteiger partial charge in [-0.15, -0.1) is 0 Å². The zero-order chi connectivity index (χ0) is 26.6. The molecule has 196 valence electrons. The van der Waals surface area contributed by atoms with Gasteiger partial charge in [0.2, 0.25) is 5.91 Å². The highest BCUT2D eigenvalue weighted by Gasteiger charge is 2.39. The highest BCUT2D eigenvalue weighted by atomic mass is 35.5. The van der Waals surface area contributed by atoms with Crippen LogP contribution in [0.4, 0.5) is 14.5 Å². The number of hydrogen-bond donors (Lipinski definition) is 2. The molecule has 1 aliphatic heterocycles. The fourth-order valence-corrected chi connectivity index (χ4v) is 4.88. The predicted molar refractivity (Wildman–Crippen MR) is 140 cm³/mol. The molecule has 0 bridgehead atoms. The van der Waals surface area contributed by atoms with Gasteiger partial charge in [0.1, 0.15) is 17.5 Å². The zero-order valence-electron chi connectivity index (χ0n) is 20.1. The third-order valence-corrected chi connectivity index (χ3v) is 6.95. The van der Waals surface area contributed by atoms with Crippen molar-refractivity contribution in [3.05, 3.63) is 93.5 Å². The molecule has 1 fully saturated rings. The van der Waals surface area contributed by atoms with Crippen LogP contribution in [0.15, 0.2) is 66.7 Å². The summed E-state index contributed by atoms with van der Waals surface area (Å²) in [5.74, 6) is -3.04. The largest absolute Gasteiger partial charge is 0.482 e. The number of hydrogen-bond acceptors (Lipinski definition) is 4. The van der Waals surface area contributed by atoms with E-state index in [-0.39, 0.29) is 17.9 Å². The number of anilines is 1. The third-order valence-electron chi connectivity index (χ3n) is 6.40. The Morgan fingerprint density at radius 3 is 2.32 bits per heavy atom. The summed E-state index contributed by atoms with van der Waals surface area (Å²) < 4.78 is 39.9. The van der Waals surface area contributed by atoms with Crippen molar-refractivity contribution in [1.29, 1.82) is 0 Å². The third kappa shape index (κ3) is 6.41. The first-order valence-electron chi connectivity index (χ1n) is 11.9. The fourth-order valence-electron chi connectivity index (χ4n) is 4.29. The molecule has 1 aliphatic rings. The molecule has 37 heavy (non-hydrogen) atoms. The van der Waals surface area contributed by atoms with E-state index in [1.807, 2.05) is 6.07 Å². The molecule has 0 aliphatic carbocycles. The lowest BCUT2D eigenvalue weighted by Crippen LogP contribution is -2.39. The Bertz CT molecular complexity index is 1230. The number of benzene rings is 3. The molecular weight excluding hydrogens is 523 g/mol. The number of aliphatic hydroxyl groups is 1. The number of aliphatic hydroxyl groups excluding tert-OH is 1. The van der Waals surface area contributed by atoms with E-state index >= 15 is 0 Å². The van der Waals surface area contributed by atoms with Crippen LogP contribution >= 0.6 is 23.2 Å². The van der Waals surface area contributed by atoms with Crippen molar-refractivity contribution < 1.29 is 28.2 Å². The minimum atomic E-state index is -3.35. The van der Waals surface area contributed by atoms with Crippen LogP contribution in [0.3, 0.4) is 0 Å². The molecule has 1 heterocycles. The van der Waals surface area contributed by atoms with Gasteiger partial charge in [-0.2, -0.15) is 8.78 Å². The lowest BCUT2D eigenvalue weighted by molar-refractivity contribution is -0.115. The second kappa shape index (κ2) is 11.4. The van der Waals surface area contributed by atoms with Gasteiger partial charge in [-0.25, -0.2) is 0 Å². The zero-order valence-corrected chi connectivity index (χ0v) is 21.7. The molecule has 9 heteroatoms. The number of alkyl halides is 2. The average molecular weight is 550 g/mol. The summed E-state index contributed by atoms with van der Waals surface area (Å²) in [4.78, 5) is 12.5. The average Bonchev–Trinajstić information content (AvgIpc) is 2.86. The van der Waals surface area contributed by atoms with Crippen LogP contribution in [0, 0.1) is 0 Å². The van der Waals surface area contributed by atoms with Gasteiger partial charge in [0.15, 0.2) is 0 Å². The molecule has 2 N–H and O–H groups in total. The molecule has 3 aromatic carbocycles. The summed E-state index contributed by atoms with van der Waals surface area (Å²) in [6.45, 7) is 2.10. The van der Waals surface area contributed by atoms with Crippen LogP contribution in [0.5, 0.6) is 5.75 Å². The summed E-state index contributed by atoms with van der Waals surface area (Å²) >= 11 is 12.6. The van der Waals surface area contributed by atoms with Gasteiger partial charge in [0.05, 0.1) is 19.6 Å². The van der Waals surface area contributed by atoms with Gasteiger partial charge in [0, 0.05) is 39.7 Å². The fraction of sp³-hybridized carbons (Fsp3) is 0.321. The SMILES string of the molecule is CC(O)C(F)(F)c1ccc(CC(=O)Nc2ccc(OC3(c4ccc(Cl)cc4Cl)CCOCC3)cc2)cc1. The maximum Gasteiger partial charge on any atom is 0.298 e. The van der Waals surface area contributed by atoms with Crippen molar-refractivity contribution in [1.82, 2.24) is 0 Å². The maximum atomic E-state index is 13.9. The maximum absolute atomic E-state index is 13.9. The number of rotatable bonds is 8. The molecule has 0 radical (unpaired) electrons. The first-order valence-corrected chi connectivity index (χ1v) is 12.6. The van der Waals surface area contributed by atoms with E-state index in [0.29, 0.717) is 53.1 Å². The standard InChI is InChI=1S/C28H27Cl2F2NO4/c1-18(34)28(31,32)20-4-2-19(3-5-20)16-26(35)33-22-7-9-23(10-8-22)37-27(12-14-36-15-13-27)24-11-6-21(29)17-25(24)30/h2-11,17-18,34H,12-16H2,1H3,(H,33,35). The molecule has 0 aromatic heterocycles. The Morgan fingerprint density at radius 2 is 1.73 bits per heavy atom. The Balaban J connectivity index is 1.41. The summed E-state index contributed by atoms with van der Waals surface area (Å²) in [5.41, 5.74) is 1.02. The van der Waals surface area contributed by atoms with E-state index in [4.69, 9.17) is 32.7 Å². The lowest BCUT2D eigenvalue weighted by atomic mass is 9.86. The molecule has 1 amide bonds. The van der Waals surface area contributed by atoms with Gasteiger partial charge in [-0.3, -0.25) is 4.79 Å². The highest BCUT2D eigenvalue weighted by Crippen LogP contribution is 2.41. The topological polar surface area (TPSA) is 67.8 Å². The lowest BCUT2D eigenvalue weighted by Gasteiger charge is -2.38. The first kappa shape index (κ1) is 27.3. The first-order chi connectivity index (χ1) is 17.6. The monoisotopic (exact) mass is 549 g/mol. The van der Waals surface area contributed by atoms with Crippen molar-refractivity contribution in [3.63, 3.8) is 0 Å². The van der Waals surface area contributed by atoms with E-state index in [1.54, 1.807) is 36.4 Å². The summed E-state index contributed by atoms with van der Waals surface area (Å²) in [7, 11) is 0. The molecule has 4 rings (SSSR count). The van der Waals surface area contributed by atoms with Crippen LogP contribution in [-0.2, 0) is 27.5 Å². The molecule has 0 spiro atoms. The number of carbonyl (C=O) groups is 1. The van der Waals surface area contributed by atoms with Crippen LogP contribution < -0.4 is 10.1 Å². The van der Waals surface area contributed by atoms with Gasteiger partial charge in [-0.05, 0) is 48.9 Å². The van der Waals surface area contributed by atoms with Crippen LogP contribution in [-0.4, -0.2) is 30.3 Å². The quantitative estimate of drug-likeness (QED) is 0.326. The van der Waals surface area contributed by atoms with E-state index < -0.39 is 17.6 Å². The number of halogens is 4. The highest BCUT2D eigenvalue weighted by molar-refractivity contribution is 6.35. The second-order valence-corrected chi connectivity index (χ2v) is 9.92. The van der Waals surface area contributed by atoms with E-state index in [2.05, 4.69) is 5.32 Å². The van der Waals surface area contributed by atoms with Crippen molar-refractivity contribution in [2.75, 3.05) is 18.5 Å². The molecule has 5 nitrogen and oxygen atoms in total. The van der Waals surface area contributed by atoms with Gasteiger partial charge < -0.3 is 19.9 Å². The number of ether oxygens (including phenoxy) is 2. The van der Waals surface area contributed by atoms with E-state index in [0.717, 1.165) is 12.5 Å². The van der Waals surface area contributed by atoms with Crippen molar-refractivity contribution in [2.45, 2.75) is 43.8 Å². The summed E-state index contributed by atoms with van der Waals surface area (Å²) in [6, 6.07) is 17.7. The second-order valence-electron chi connectivity index (χ2n) is 9.08. The normalized spacial score (nSPS) is 16.2. The van der Waals surface area contributed by atoms with Gasteiger partial charge in [-0.1, -0.05) is 53.5 Å². The number of nitrogens with one attached hydrogen (secondary N) is 1. The molecule has 3 aromatic rings. The van der Waals surface area contributed by atoms with Crippen LogP contribution in [0.25, 0.3) is 0 Å². The van der Waals surface area contributed by atoms with Crippen molar-refractivity contribution in [2.24, 2.45) is 0 Å². The van der Waals surface area contributed by atoms with Gasteiger partial charge in [0.25, 0.3) is 5.92 Å². The van der Waals surface area contributed by atoms with Crippen LogP contribution in [0.2, 0.25) is 10.0 Å². The Hall–Kier alpha value is -2.71. The molecule has 1 atom stereocenters. The van der Waals surface area contributed by atoms with E-state index in [1.165, 1.54) is 24.3 Å². The predicted octanol–water partition coefficient (Wildman–Crippen LogP) is 6.73. The van der Waals surface area contributed by atoms with Crippen LogP contribution in [0.1, 0.15) is 36.5 Å². The molecule has 0 saturated carbocycles. The summed E-state index contributed by atoms with van der Waals surface area (Å²) in [5, 5.41) is 13.2. The van der Waals surface area contributed by atoms with Crippen molar-refractivity contribution >= 4 is 34.8 Å². The molecule has 1 unspecified atom stereocenters. The minimum Gasteiger partial charge on any atom is -0.482 e. The summed E-state index contributed by atoms with van der Waals surface area (Å²) in [6.07, 6.45) is -0.557. The van der Waals surface area contributed by atoms with E-state index in [9.17, 15) is 18.7 Å². The smallest absolute Gasteiger partial charge is 0.298 e.